The van der Waals surface area contributed by atoms with Crippen LogP contribution in [0.5, 0.6) is 5.75 Å². The van der Waals surface area contributed by atoms with Crippen molar-refractivity contribution in [1.29, 1.82) is 0 Å². The van der Waals surface area contributed by atoms with Gasteiger partial charge in [0.05, 0.1) is 12.2 Å². The number of carbonyl (C=O) groups excluding carboxylic acids is 2. The monoisotopic (exact) mass is 348 g/mol. The highest BCUT2D eigenvalue weighted by atomic mass is 16.5. The molecular formula is C18H20O7. The van der Waals surface area contributed by atoms with E-state index in [1.165, 1.54) is 31.2 Å². The van der Waals surface area contributed by atoms with Crippen molar-refractivity contribution in [2.24, 2.45) is 0 Å². The zero-order chi connectivity index (χ0) is 18.8. The predicted molar refractivity (Wildman–Crippen MR) is 89.3 cm³/mol. The van der Waals surface area contributed by atoms with Crippen molar-refractivity contribution < 1.29 is 34.1 Å². The highest BCUT2D eigenvalue weighted by Crippen LogP contribution is 2.32. The maximum absolute atomic E-state index is 11.6. The van der Waals surface area contributed by atoms with E-state index in [1.54, 1.807) is 13.8 Å². The smallest absolute Gasteiger partial charge is 0.330 e. The second kappa shape index (κ2) is 7.08. The van der Waals surface area contributed by atoms with Crippen molar-refractivity contribution in [1.82, 2.24) is 0 Å². The molecule has 1 unspecified atom stereocenters. The van der Waals surface area contributed by atoms with E-state index in [2.05, 4.69) is 0 Å². The number of hydrogen-bond acceptors (Lipinski definition) is 7. The lowest BCUT2D eigenvalue weighted by Crippen LogP contribution is -2.36. The summed E-state index contributed by atoms with van der Waals surface area (Å²) >= 11 is 0. The number of rotatable bonds is 6. The van der Waals surface area contributed by atoms with Crippen LogP contribution in [0, 0.1) is 0 Å². The molecule has 2 aromatic rings. The van der Waals surface area contributed by atoms with Gasteiger partial charge in [0.2, 0.25) is 0 Å². The van der Waals surface area contributed by atoms with Crippen LogP contribution in [0.4, 0.5) is 0 Å². The van der Waals surface area contributed by atoms with Crippen LogP contribution < -0.4 is 0 Å². The summed E-state index contributed by atoms with van der Waals surface area (Å²) in [6, 6.07) is 4.08. The summed E-state index contributed by atoms with van der Waals surface area (Å²) in [4.78, 5) is 23.1. The summed E-state index contributed by atoms with van der Waals surface area (Å²) in [6.07, 6.45) is 1.26. The molecule has 1 aromatic heterocycles. The number of allylic oxidation sites excluding steroid dienone is 1. The van der Waals surface area contributed by atoms with E-state index in [-0.39, 0.29) is 28.4 Å². The van der Waals surface area contributed by atoms with Crippen LogP contribution in [-0.4, -0.2) is 40.3 Å². The van der Waals surface area contributed by atoms with Crippen LogP contribution in [0.1, 0.15) is 36.9 Å². The van der Waals surface area contributed by atoms with Crippen LogP contribution in [-0.2, 0) is 15.1 Å². The minimum absolute atomic E-state index is 0.0462. The second-order valence-electron chi connectivity index (χ2n) is 6.09. The third-order valence-corrected chi connectivity index (χ3v) is 3.59. The van der Waals surface area contributed by atoms with Gasteiger partial charge in [-0.3, -0.25) is 4.79 Å². The Morgan fingerprint density at radius 2 is 1.92 bits per heavy atom. The van der Waals surface area contributed by atoms with Crippen LogP contribution >= 0.6 is 0 Å². The van der Waals surface area contributed by atoms with E-state index in [0.717, 1.165) is 5.57 Å². The molecule has 2 rings (SSSR count). The molecule has 25 heavy (non-hydrogen) atoms. The molecule has 3 N–H and O–H groups in total. The van der Waals surface area contributed by atoms with Crippen molar-refractivity contribution in [3.8, 4) is 5.75 Å². The first-order chi connectivity index (χ1) is 11.7. The van der Waals surface area contributed by atoms with Gasteiger partial charge in [-0.2, -0.15) is 0 Å². The lowest BCUT2D eigenvalue weighted by molar-refractivity contribution is -0.151. The number of hydrogen-bond donors (Lipinski definition) is 3. The predicted octanol–water partition coefficient (Wildman–Crippen LogP) is 2.03. The lowest BCUT2D eigenvalue weighted by Gasteiger charge is -2.22. The number of aromatic hydroxyl groups is 1. The molecule has 0 saturated heterocycles. The summed E-state index contributed by atoms with van der Waals surface area (Å²) in [5.74, 6) is -1.25. The highest BCUT2D eigenvalue weighted by molar-refractivity contribution is 6.00. The Bertz CT molecular complexity index is 842. The van der Waals surface area contributed by atoms with Crippen LogP contribution in [0.25, 0.3) is 11.0 Å². The number of phenols is 1. The summed E-state index contributed by atoms with van der Waals surface area (Å²) in [5, 5.41) is 30.4. The standard InChI is InChI=1S/C18H20O7/c1-10(2)4-17(22)24-9-18(23,8-19)16-6-12-5-14(21)13(11(3)20)7-15(12)25-16/h4-7,19,21,23H,8-9H2,1-3H3. The second-order valence-corrected chi connectivity index (χ2v) is 6.09. The zero-order valence-corrected chi connectivity index (χ0v) is 14.2. The van der Waals surface area contributed by atoms with Crippen molar-refractivity contribution >= 4 is 22.7 Å². The van der Waals surface area contributed by atoms with Crippen molar-refractivity contribution in [2.75, 3.05) is 13.2 Å². The lowest BCUT2D eigenvalue weighted by atomic mass is 10.0. The van der Waals surface area contributed by atoms with Gasteiger partial charge in [0.15, 0.2) is 11.4 Å². The number of carbonyl (C=O) groups is 2. The third kappa shape index (κ3) is 4.07. The molecule has 7 nitrogen and oxygen atoms in total. The van der Waals surface area contributed by atoms with Crippen LogP contribution in [0.15, 0.2) is 34.3 Å². The number of furan rings is 1. The molecule has 0 aliphatic heterocycles. The van der Waals surface area contributed by atoms with Gasteiger partial charge < -0.3 is 24.5 Å². The SMILES string of the molecule is CC(=O)c1cc2oc(C(O)(CO)COC(=O)C=C(C)C)cc2cc1O. The highest BCUT2D eigenvalue weighted by Gasteiger charge is 2.34. The first-order valence-corrected chi connectivity index (χ1v) is 7.59. The maximum Gasteiger partial charge on any atom is 0.330 e. The molecule has 1 aromatic carbocycles. The maximum atomic E-state index is 11.6. The van der Waals surface area contributed by atoms with E-state index < -0.39 is 24.8 Å². The molecule has 0 radical (unpaired) electrons. The fraction of sp³-hybridized carbons (Fsp3) is 0.333. The van der Waals surface area contributed by atoms with Crippen LogP contribution in [0.3, 0.4) is 0 Å². The number of phenolic OH excluding ortho intramolecular Hbond substituents is 1. The van der Waals surface area contributed by atoms with Gasteiger partial charge in [-0.25, -0.2) is 4.79 Å². The van der Waals surface area contributed by atoms with E-state index in [0.29, 0.717) is 5.39 Å². The van der Waals surface area contributed by atoms with Crippen molar-refractivity contribution in [3.63, 3.8) is 0 Å². The first-order valence-electron chi connectivity index (χ1n) is 7.59. The van der Waals surface area contributed by atoms with E-state index >= 15 is 0 Å². The van der Waals surface area contributed by atoms with Gasteiger partial charge in [0.25, 0.3) is 0 Å². The molecule has 0 amide bonds. The van der Waals surface area contributed by atoms with E-state index in [1.807, 2.05) is 0 Å². The number of esters is 1. The number of ketones is 1. The van der Waals surface area contributed by atoms with E-state index in [4.69, 9.17) is 9.15 Å². The Hall–Kier alpha value is -2.64. The molecule has 7 heteroatoms. The quantitative estimate of drug-likeness (QED) is 0.415. The van der Waals surface area contributed by atoms with Crippen molar-refractivity contribution in [2.45, 2.75) is 26.4 Å². The van der Waals surface area contributed by atoms with Gasteiger partial charge in [-0.1, -0.05) is 5.57 Å². The number of fused-ring (bicyclic) bond motifs is 1. The topological polar surface area (TPSA) is 117 Å². The number of benzene rings is 1. The molecule has 0 bridgehead atoms. The largest absolute Gasteiger partial charge is 0.507 e. The summed E-state index contributed by atoms with van der Waals surface area (Å²) in [7, 11) is 0. The summed E-state index contributed by atoms with van der Waals surface area (Å²) in [5.41, 5.74) is -0.888. The van der Waals surface area contributed by atoms with Gasteiger partial charge in [0, 0.05) is 11.5 Å². The molecule has 0 spiro atoms. The molecular weight excluding hydrogens is 328 g/mol. The number of aliphatic hydroxyl groups is 2. The minimum atomic E-state index is -1.95. The minimum Gasteiger partial charge on any atom is -0.507 e. The Morgan fingerprint density at radius 3 is 2.48 bits per heavy atom. The van der Waals surface area contributed by atoms with E-state index in [9.17, 15) is 24.9 Å². The summed E-state index contributed by atoms with van der Waals surface area (Å²) < 4.78 is 10.5. The molecule has 0 aliphatic rings. The fourth-order valence-electron chi connectivity index (χ4n) is 2.25. The number of aliphatic hydroxyl groups excluding tert-OH is 1. The average Bonchev–Trinajstić information content (AvgIpc) is 2.94. The number of Topliss-reactive ketones (excluding diaryl/α,β-unsaturated/α-hetero) is 1. The van der Waals surface area contributed by atoms with Crippen LogP contribution in [0.2, 0.25) is 0 Å². The van der Waals surface area contributed by atoms with Gasteiger partial charge in [-0.05, 0) is 39.0 Å². The Morgan fingerprint density at radius 1 is 1.24 bits per heavy atom. The van der Waals surface area contributed by atoms with Crippen molar-refractivity contribution in [3.05, 3.63) is 41.2 Å². The fourth-order valence-corrected chi connectivity index (χ4v) is 2.25. The molecule has 0 saturated carbocycles. The molecule has 0 fully saturated rings. The molecule has 134 valence electrons. The molecule has 0 aliphatic carbocycles. The number of ether oxygens (including phenoxy) is 1. The third-order valence-electron chi connectivity index (χ3n) is 3.59. The molecule has 1 heterocycles. The Kier molecular flexibility index (Phi) is 5.30. The molecule has 1 atom stereocenters. The zero-order valence-electron chi connectivity index (χ0n) is 14.2. The van der Waals surface area contributed by atoms with Gasteiger partial charge in [-0.15, -0.1) is 0 Å². The normalized spacial score (nSPS) is 13.3. The van der Waals surface area contributed by atoms with Gasteiger partial charge in [0.1, 0.15) is 23.7 Å². The Balaban J connectivity index is 2.35. The first kappa shape index (κ1) is 18.7. The average molecular weight is 348 g/mol. The van der Waals surface area contributed by atoms with Gasteiger partial charge >= 0.3 is 5.97 Å². The Labute approximate surface area is 144 Å². The summed E-state index contributed by atoms with van der Waals surface area (Å²) in [6.45, 7) is 3.48.